The summed E-state index contributed by atoms with van der Waals surface area (Å²) in [5.74, 6) is 0. The molecule has 0 aliphatic heterocycles. The van der Waals surface area contributed by atoms with Gasteiger partial charge in [-0.1, -0.05) is 288 Å². The van der Waals surface area contributed by atoms with Crippen LogP contribution in [0.4, 0.5) is 0 Å². The molecule has 14 aromatic carbocycles. The summed E-state index contributed by atoms with van der Waals surface area (Å²) < 4.78 is 0. The second kappa shape index (κ2) is 17.2. The summed E-state index contributed by atoms with van der Waals surface area (Å²) in [5, 5.41) is 21.5. The normalized spacial score (nSPS) is 13.5. The van der Waals surface area contributed by atoms with Gasteiger partial charge in [0.1, 0.15) is 0 Å². The second-order valence-corrected chi connectivity index (χ2v) is 26.4. The molecule has 0 nitrogen and oxygen atoms in total. The third kappa shape index (κ3) is 6.11. The first-order valence-corrected chi connectivity index (χ1v) is 30.9. The van der Waals surface area contributed by atoms with Crippen LogP contribution in [0.25, 0.3) is 141 Å². The van der Waals surface area contributed by atoms with E-state index in [9.17, 15) is 0 Å². The highest BCUT2D eigenvalue weighted by molar-refractivity contribution is 7.68. The van der Waals surface area contributed by atoms with Gasteiger partial charge in [0.15, 0.2) is 0 Å². The van der Waals surface area contributed by atoms with Crippen LogP contribution in [0.5, 0.6) is 0 Å². The average Bonchev–Trinajstić information content (AvgIpc) is 3.59. The molecular formula is C79H48P2. The van der Waals surface area contributed by atoms with Crippen LogP contribution in [0.1, 0.15) is 22.3 Å². The van der Waals surface area contributed by atoms with Gasteiger partial charge in [-0.3, -0.25) is 0 Å². The van der Waals surface area contributed by atoms with Gasteiger partial charge in [-0.05, 0) is 150 Å². The summed E-state index contributed by atoms with van der Waals surface area (Å²) in [5.41, 5.74) is 17.8. The molecule has 0 amide bonds. The van der Waals surface area contributed by atoms with Crippen molar-refractivity contribution in [3.8, 4) is 66.2 Å². The Hall–Kier alpha value is -9.54. The Bertz CT molecular complexity index is 5080. The van der Waals surface area contributed by atoms with Crippen LogP contribution in [-0.2, 0) is 5.41 Å². The van der Waals surface area contributed by atoms with Crippen LogP contribution in [-0.4, -0.2) is 0 Å². The maximum atomic E-state index is 2.58. The van der Waals surface area contributed by atoms with Gasteiger partial charge >= 0.3 is 0 Å². The van der Waals surface area contributed by atoms with Gasteiger partial charge in [-0.2, -0.15) is 0 Å². The maximum Gasteiger partial charge on any atom is 0.0725 e. The number of hydrogen-bond donors (Lipinski definition) is 0. The van der Waals surface area contributed by atoms with Crippen LogP contribution in [0.2, 0.25) is 0 Å². The van der Waals surface area contributed by atoms with E-state index in [1.165, 1.54) is 163 Å². The lowest BCUT2D eigenvalue weighted by atomic mass is 9.70. The zero-order chi connectivity index (χ0) is 52.9. The molecule has 2 unspecified atom stereocenters. The number of hydrogen-bond acceptors (Lipinski definition) is 0. The summed E-state index contributed by atoms with van der Waals surface area (Å²) in [6.07, 6.45) is 0. The van der Waals surface area contributed by atoms with Crippen molar-refractivity contribution in [1.82, 2.24) is 0 Å². The molecule has 1 spiro atoms. The Morgan fingerprint density at radius 3 is 1.19 bits per heavy atom. The van der Waals surface area contributed by atoms with Crippen molar-refractivity contribution in [2.45, 2.75) is 5.41 Å². The van der Waals surface area contributed by atoms with Crippen molar-refractivity contribution < 1.29 is 0 Å². The fourth-order valence-electron chi connectivity index (χ4n) is 15.3. The lowest BCUT2D eigenvalue weighted by molar-refractivity contribution is 0.794. The predicted octanol–water partition coefficient (Wildman–Crippen LogP) is 23.1. The molecule has 2 aromatic heterocycles. The van der Waals surface area contributed by atoms with Crippen LogP contribution < -0.4 is 0 Å². The van der Waals surface area contributed by atoms with E-state index in [1.807, 2.05) is 0 Å². The molecule has 0 fully saturated rings. The summed E-state index contributed by atoms with van der Waals surface area (Å²) in [4.78, 5) is 0. The number of fused-ring (bicyclic) bond motifs is 20. The zero-order valence-electron chi connectivity index (χ0n) is 44.1. The minimum atomic E-state index is -0.758. The molecular weight excluding hydrogens is 1010 g/mol. The summed E-state index contributed by atoms with van der Waals surface area (Å²) in [6, 6.07) is 112. The van der Waals surface area contributed by atoms with Crippen LogP contribution >= 0.6 is 15.1 Å². The Labute approximate surface area is 471 Å². The van der Waals surface area contributed by atoms with E-state index < -0.39 is 20.5 Å². The molecule has 16 aromatic rings. The minimum absolute atomic E-state index is 0.515. The van der Waals surface area contributed by atoms with E-state index in [1.54, 1.807) is 0 Å². The zero-order valence-corrected chi connectivity index (χ0v) is 45.9. The van der Waals surface area contributed by atoms with Gasteiger partial charge in [0.2, 0.25) is 0 Å². The van der Waals surface area contributed by atoms with Crippen molar-refractivity contribution in [2.75, 3.05) is 0 Å². The van der Waals surface area contributed by atoms with Gasteiger partial charge in [-0.25, -0.2) is 0 Å². The van der Waals surface area contributed by atoms with E-state index in [4.69, 9.17) is 0 Å². The third-order valence-electron chi connectivity index (χ3n) is 18.3. The Balaban J connectivity index is 1.01. The quantitative estimate of drug-likeness (QED) is 0.151. The predicted molar refractivity (Wildman–Crippen MR) is 350 cm³/mol. The first kappa shape index (κ1) is 45.3. The third-order valence-corrected chi connectivity index (χ3v) is 23.4. The first-order chi connectivity index (χ1) is 40.3. The Kier molecular flexibility index (Phi) is 9.64. The van der Waals surface area contributed by atoms with E-state index in [0.717, 1.165) is 0 Å². The topological polar surface area (TPSA) is 0 Å². The molecule has 2 atom stereocenters. The molecule has 18 rings (SSSR count). The molecule has 374 valence electrons. The van der Waals surface area contributed by atoms with Gasteiger partial charge in [0.05, 0.1) is 5.41 Å². The van der Waals surface area contributed by atoms with Gasteiger partial charge in [-0.15, -0.1) is 0 Å². The van der Waals surface area contributed by atoms with Crippen molar-refractivity contribution in [2.24, 2.45) is 0 Å². The van der Waals surface area contributed by atoms with Gasteiger partial charge in [0, 0.05) is 31.2 Å². The minimum Gasteiger partial charge on any atom is -0.0772 e. The number of rotatable bonds is 5. The lowest BCUT2D eigenvalue weighted by Crippen LogP contribution is -2.25. The highest BCUT2D eigenvalue weighted by atomic mass is 31.1. The summed E-state index contributed by atoms with van der Waals surface area (Å²) >= 11 is 0. The summed E-state index contributed by atoms with van der Waals surface area (Å²) in [7, 11) is -1.52. The molecule has 2 heteroatoms. The van der Waals surface area contributed by atoms with Crippen LogP contribution in [0, 0.1) is 0 Å². The van der Waals surface area contributed by atoms with E-state index in [-0.39, 0.29) is 0 Å². The lowest BCUT2D eigenvalue weighted by Gasteiger charge is -2.30. The standard InChI is InChI=1S/C79H48P2/c1-3-23-50(24-4-1)80-70-42-15-11-30-61(70)75-57(36-20-44-72(75)80)53-32-17-34-59-64(53)48-65-54(58-37-21-45-73-76(58)62-31-12-16-43-71(62)81(73)51-25-5-2-6-26-51)33-18-35-60(65)74(59)63-38-19-41-68-78(63)77-52-27-8-7-22-49(52)46-47-69(77)79(68)66-39-13-9-28-55(66)56-29-10-14-40-67(56)79/h1-48H. The molecule has 0 saturated carbocycles. The SMILES string of the molecule is c1ccc(-p2c3ccccc3c3c(-c4cccc5c(-c6cccc7c6-c6c(ccc8ccccc68)C76c7ccccc7-c7ccccc76)c6cccc(-c7cccc8c7c7ccccc7p8-c7ccccc7)c6cc45)cccc32)cc1. The monoisotopic (exact) mass is 1060 g/mol. The highest BCUT2D eigenvalue weighted by Gasteiger charge is 2.52. The smallest absolute Gasteiger partial charge is 0.0725 e. The molecule has 0 bridgehead atoms. The van der Waals surface area contributed by atoms with Gasteiger partial charge < -0.3 is 0 Å². The molecule has 81 heavy (non-hydrogen) atoms. The summed E-state index contributed by atoms with van der Waals surface area (Å²) in [6.45, 7) is 0. The maximum absolute atomic E-state index is 2.58. The molecule has 2 aliphatic rings. The molecule has 0 radical (unpaired) electrons. The first-order valence-electron chi connectivity index (χ1n) is 28.3. The van der Waals surface area contributed by atoms with Crippen LogP contribution in [0.15, 0.2) is 291 Å². The molecule has 2 heterocycles. The fraction of sp³-hybridized carbons (Fsp3) is 0.0127. The van der Waals surface area contributed by atoms with E-state index in [2.05, 4.69) is 291 Å². The largest absolute Gasteiger partial charge is 0.0772 e. The van der Waals surface area contributed by atoms with Crippen LogP contribution in [0.3, 0.4) is 0 Å². The molecule has 0 N–H and O–H groups in total. The van der Waals surface area contributed by atoms with Crippen molar-refractivity contribution in [3.63, 3.8) is 0 Å². The van der Waals surface area contributed by atoms with Gasteiger partial charge in [0.25, 0.3) is 0 Å². The Morgan fingerprint density at radius 2 is 0.605 bits per heavy atom. The second-order valence-electron chi connectivity index (χ2n) is 22.1. The molecule has 0 saturated heterocycles. The van der Waals surface area contributed by atoms with Crippen molar-refractivity contribution >= 4 is 89.4 Å². The molecule has 2 aliphatic carbocycles. The number of benzene rings is 14. The average molecular weight is 1060 g/mol. The fourth-order valence-corrected chi connectivity index (χ4v) is 20.6. The van der Waals surface area contributed by atoms with E-state index in [0.29, 0.717) is 0 Å². The van der Waals surface area contributed by atoms with Crippen molar-refractivity contribution in [1.29, 1.82) is 0 Å². The Morgan fingerprint density at radius 1 is 0.210 bits per heavy atom. The van der Waals surface area contributed by atoms with Crippen molar-refractivity contribution in [3.05, 3.63) is 313 Å². The van der Waals surface area contributed by atoms with E-state index >= 15 is 0 Å². The highest BCUT2D eigenvalue weighted by Crippen LogP contribution is 2.66.